The van der Waals surface area contributed by atoms with Crippen molar-refractivity contribution in [3.63, 3.8) is 0 Å². The number of pyridine rings is 2. The van der Waals surface area contributed by atoms with Gasteiger partial charge in [-0.05, 0) is 18.1 Å². The molecule has 1 atom stereocenters. The molecule has 0 spiro atoms. The van der Waals surface area contributed by atoms with Gasteiger partial charge in [-0.15, -0.1) is 0 Å². The second-order valence-corrected chi connectivity index (χ2v) is 8.42. The van der Waals surface area contributed by atoms with Crippen LogP contribution in [0.3, 0.4) is 0 Å². The molecule has 3 aromatic rings. The number of benzene rings is 1. The molecule has 0 fully saturated rings. The van der Waals surface area contributed by atoms with Crippen LogP contribution in [-0.4, -0.2) is 27.4 Å². The highest BCUT2D eigenvalue weighted by Gasteiger charge is 2.45. The highest BCUT2D eigenvalue weighted by molar-refractivity contribution is 6.37. The van der Waals surface area contributed by atoms with Crippen molar-refractivity contribution in [1.29, 1.82) is 0 Å². The van der Waals surface area contributed by atoms with Gasteiger partial charge >= 0.3 is 5.97 Å². The molecule has 3 aliphatic heterocycles. The van der Waals surface area contributed by atoms with E-state index in [9.17, 15) is 14.7 Å². The maximum Gasteiger partial charge on any atom is 0.343 e. The Morgan fingerprint density at radius 2 is 2.06 bits per heavy atom. The fourth-order valence-corrected chi connectivity index (χ4v) is 5.22. The molecule has 10 heteroatoms. The summed E-state index contributed by atoms with van der Waals surface area (Å²) in [5.74, 6) is 0.174. The average Bonchev–Trinajstić information content (AvgIpc) is 3.40. The van der Waals surface area contributed by atoms with Crippen LogP contribution in [0.15, 0.2) is 16.9 Å². The van der Waals surface area contributed by atoms with Crippen LogP contribution in [-0.2, 0) is 34.8 Å². The molecule has 0 unspecified atom stereocenters. The summed E-state index contributed by atoms with van der Waals surface area (Å²) in [6.07, 6.45) is 0.0763. The summed E-state index contributed by atoms with van der Waals surface area (Å²) in [6, 6.07) is 3.40. The molecule has 0 radical (unpaired) electrons. The van der Waals surface area contributed by atoms with E-state index < -0.39 is 11.6 Å². The summed E-state index contributed by atoms with van der Waals surface area (Å²) in [4.78, 5) is 30.5. The number of aliphatic hydroxyl groups is 1. The predicted molar refractivity (Wildman–Crippen MR) is 114 cm³/mol. The van der Waals surface area contributed by atoms with Gasteiger partial charge in [-0.1, -0.05) is 18.5 Å². The van der Waals surface area contributed by atoms with Crippen molar-refractivity contribution >= 4 is 28.5 Å². The van der Waals surface area contributed by atoms with E-state index >= 15 is 0 Å². The Balaban J connectivity index is 1.67. The molecule has 9 nitrogen and oxygen atoms in total. The van der Waals surface area contributed by atoms with E-state index in [1.165, 1.54) is 0 Å². The van der Waals surface area contributed by atoms with Gasteiger partial charge in [0.15, 0.2) is 17.1 Å². The first-order valence-electron chi connectivity index (χ1n) is 10.2. The van der Waals surface area contributed by atoms with Crippen LogP contribution in [0.25, 0.3) is 22.3 Å². The number of esters is 1. The lowest BCUT2D eigenvalue weighted by molar-refractivity contribution is -0.172. The first kappa shape index (κ1) is 19.5. The van der Waals surface area contributed by atoms with Crippen molar-refractivity contribution in [2.24, 2.45) is 5.73 Å². The number of carbonyl (C=O) groups is 1. The van der Waals surface area contributed by atoms with E-state index in [-0.39, 0.29) is 49.6 Å². The number of hydrogen-bond acceptors (Lipinski definition) is 8. The summed E-state index contributed by atoms with van der Waals surface area (Å²) in [7, 11) is 0. The lowest BCUT2D eigenvalue weighted by Gasteiger charge is -2.31. The van der Waals surface area contributed by atoms with Crippen LogP contribution in [0.5, 0.6) is 11.5 Å². The molecular formula is C22H18ClN3O6. The molecule has 164 valence electrons. The number of hydrogen-bond donors (Lipinski definition) is 2. The van der Waals surface area contributed by atoms with Crippen LogP contribution in [0.2, 0.25) is 5.02 Å². The summed E-state index contributed by atoms with van der Waals surface area (Å²) in [5, 5.41) is 12.0. The van der Waals surface area contributed by atoms with E-state index in [1.54, 1.807) is 23.6 Å². The number of halogens is 1. The zero-order valence-electron chi connectivity index (χ0n) is 17.0. The number of cyclic esters (lactones) is 1. The predicted octanol–water partition coefficient (Wildman–Crippen LogP) is 1.92. The number of rotatable bonds is 2. The summed E-state index contributed by atoms with van der Waals surface area (Å²) < 4.78 is 17.7. The number of fused-ring (bicyclic) bond motifs is 6. The number of nitrogens with two attached hydrogens (primary N) is 1. The van der Waals surface area contributed by atoms with Crippen molar-refractivity contribution < 1.29 is 24.1 Å². The zero-order valence-corrected chi connectivity index (χ0v) is 17.8. The number of aromatic nitrogens is 2. The minimum absolute atomic E-state index is 0.0686. The van der Waals surface area contributed by atoms with Crippen LogP contribution in [0.1, 0.15) is 35.6 Å². The van der Waals surface area contributed by atoms with Gasteiger partial charge < -0.3 is 29.6 Å². The van der Waals surface area contributed by atoms with Gasteiger partial charge in [-0.2, -0.15) is 0 Å². The minimum Gasteiger partial charge on any atom is -0.458 e. The van der Waals surface area contributed by atoms with Crippen molar-refractivity contribution in [3.8, 4) is 22.9 Å². The van der Waals surface area contributed by atoms with Gasteiger partial charge in [-0.25, -0.2) is 9.78 Å². The van der Waals surface area contributed by atoms with E-state index in [4.69, 9.17) is 36.5 Å². The first-order chi connectivity index (χ1) is 15.4. The minimum atomic E-state index is -1.88. The number of nitrogens with zero attached hydrogens (tertiary/aromatic N) is 2. The van der Waals surface area contributed by atoms with E-state index in [2.05, 4.69) is 0 Å². The highest BCUT2D eigenvalue weighted by Crippen LogP contribution is 2.47. The molecular weight excluding hydrogens is 438 g/mol. The molecule has 2 aromatic heterocycles. The van der Waals surface area contributed by atoms with Crippen LogP contribution in [0.4, 0.5) is 0 Å². The third-order valence-electron chi connectivity index (χ3n) is 6.57. The van der Waals surface area contributed by atoms with E-state index in [0.717, 1.165) is 11.1 Å². The van der Waals surface area contributed by atoms with E-state index in [1.807, 2.05) is 0 Å². The Labute approximate surface area is 186 Å². The standard InChI is InChI=1S/C22H18ClN3O6/c1-2-22(29)12-3-14-18-10(6-26(14)20(27)11(12)7-30-21(22)28)9(5-24)16-13(25-18)4-15-19(17(16)23)32-8-31-15/h3-4,29H,2,5-8,24H2,1H3/t22-/m0/s1. The van der Waals surface area contributed by atoms with Gasteiger partial charge in [0.2, 0.25) is 6.79 Å². The van der Waals surface area contributed by atoms with Gasteiger partial charge in [0.25, 0.3) is 5.56 Å². The molecule has 0 bridgehead atoms. The van der Waals surface area contributed by atoms with Crippen molar-refractivity contribution in [2.45, 2.75) is 38.6 Å². The van der Waals surface area contributed by atoms with Crippen LogP contribution in [0, 0.1) is 0 Å². The van der Waals surface area contributed by atoms with Crippen LogP contribution >= 0.6 is 11.6 Å². The maximum absolute atomic E-state index is 13.3. The third-order valence-corrected chi connectivity index (χ3v) is 6.93. The molecule has 3 N–H and O–H groups in total. The Kier molecular flexibility index (Phi) is 3.93. The summed E-state index contributed by atoms with van der Waals surface area (Å²) in [6.45, 7) is 1.97. The lowest BCUT2D eigenvalue weighted by atomic mass is 9.86. The zero-order chi connectivity index (χ0) is 22.4. The quantitative estimate of drug-likeness (QED) is 0.439. The molecule has 0 aliphatic carbocycles. The van der Waals surface area contributed by atoms with Gasteiger partial charge in [0.05, 0.1) is 34.0 Å². The van der Waals surface area contributed by atoms with E-state index in [0.29, 0.717) is 38.8 Å². The monoisotopic (exact) mass is 455 g/mol. The molecule has 0 amide bonds. The second-order valence-electron chi connectivity index (χ2n) is 8.04. The Hall–Kier alpha value is -3.14. The Bertz CT molecular complexity index is 1430. The summed E-state index contributed by atoms with van der Waals surface area (Å²) in [5.41, 5.74) is 7.60. The number of ether oxygens (including phenoxy) is 3. The SMILES string of the molecule is CC[C@@]1(O)C(=O)OCc2c1cc1n(c2=O)Cc2c-1nc1cc3c(c(Cl)c1c2CN)OCO3. The van der Waals surface area contributed by atoms with Gasteiger partial charge in [0.1, 0.15) is 6.61 Å². The van der Waals surface area contributed by atoms with Crippen molar-refractivity contribution in [1.82, 2.24) is 9.55 Å². The fourth-order valence-electron chi connectivity index (χ4n) is 4.86. The molecule has 6 rings (SSSR count). The largest absolute Gasteiger partial charge is 0.458 e. The number of carbonyl (C=O) groups excluding carboxylic acids is 1. The second kappa shape index (κ2) is 6.44. The highest BCUT2D eigenvalue weighted by atomic mass is 35.5. The summed E-state index contributed by atoms with van der Waals surface area (Å²) >= 11 is 6.63. The lowest BCUT2D eigenvalue weighted by Crippen LogP contribution is -2.44. The molecule has 0 saturated heterocycles. The third kappa shape index (κ3) is 2.27. The van der Waals surface area contributed by atoms with Crippen molar-refractivity contribution in [3.05, 3.63) is 49.8 Å². The first-order valence-corrected chi connectivity index (χ1v) is 10.6. The Morgan fingerprint density at radius 1 is 1.25 bits per heavy atom. The normalized spacial score (nSPS) is 20.2. The van der Waals surface area contributed by atoms with Gasteiger partial charge in [0, 0.05) is 29.1 Å². The smallest absolute Gasteiger partial charge is 0.343 e. The maximum atomic E-state index is 13.3. The van der Waals surface area contributed by atoms with Crippen LogP contribution < -0.4 is 20.8 Å². The van der Waals surface area contributed by atoms with Crippen molar-refractivity contribution in [2.75, 3.05) is 6.79 Å². The topological polar surface area (TPSA) is 126 Å². The molecule has 0 saturated carbocycles. The molecule has 1 aromatic carbocycles. The molecule has 5 heterocycles. The fraction of sp³-hybridized carbons (Fsp3) is 0.318. The molecule has 3 aliphatic rings. The average molecular weight is 456 g/mol. The Morgan fingerprint density at radius 3 is 2.81 bits per heavy atom. The molecule has 32 heavy (non-hydrogen) atoms. The van der Waals surface area contributed by atoms with Gasteiger partial charge in [-0.3, -0.25) is 4.79 Å².